The SMILES string of the molecule is Cc1cc(Cl)c(S(=O)(=O)NN(C)C)cc1N. The summed E-state index contributed by atoms with van der Waals surface area (Å²) in [4.78, 5) is 2.27. The molecule has 0 atom stereocenters. The van der Waals surface area contributed by atoms with Gasteiger partial charge in [0, 0.05) is 19.8 Å². The first-order valence-corrected chi connectivity index (χ1v) is 6.35. The van der Waals surface area contributed by atoms with Crippen molar-refractivity contribution in [3.05, 3.63) is 22.7 Å². The van der Waals surface area contributed by atoms with E-state index in [4.69, 9.17) is 17.3 Å². The molecule has 90 valence electrons. The fraction of sp³-hybridized carbons (Fsp3) is 0.333. The number of rotatable bonds is 3. The van der Waals surface area contributed by atoms with Crippen LogP contribution in [0.3, 0.4) is 0 Å². The van der Waals surface area contributed by atoms with Crippen LogP contribution in [0.15, 0.2) is 17.0 Å². The molecule has 3 N–H and O–H groups in total. The number of nitrogens with two attached hydrogens (primary N) is 1. The summed E-state index contributed by atoms with van der Waals surface area (Å²) in [5.41, 5.74) is 6.79. The van der Waals surface area contributed by atoms with E-state index in [2.05, 4.69) is 4.83 Å². The highest BCUT2D eigenvalue weighted by atomic mass is 35.5. The molecule has 0 saturated heterocycles. The van der Waals surface area contributed by atoms with Crippen LogP contribution in [0.25, 0.3) is 0 Å². The van der Waals surface area contributed by atoms with E-state index >= 15 is 0 Å². The van der Waals surface area contributed by atoms with E-state index in [-0.39, 0.29) is 9.92 Å². The first-order chi connectivity index (χ1) is 7.24. The molecule has 0 amide bonds. The lowest BCUT2D eigenvalue weighted by molar-refractivity contribution is 0.364. The van der Waals surface area contributed by atoms with E-state index in [0.29, 0.717) is 5.69 Å². The smallest absolute Gasteiger partial charge is 0.254 e. The van der Waals surface area contributed by atoms with Gasteiger partial charge in [0.25, 0.3) is 10.0 Å². The van der Waals surface area contributed by atoms with E-state index in [1.165, 1.54) is 17.1 Å². The van der Waals surface area contributed by atoms with Crippen LogP contribution in [0.2, 0.25) is 5.02 Å². The van der Waals surface area contributed by atoms with E-state index in [9.17, 15) is 8.42 Å². The van der Waals surface area contributed by atoms with Crippen molar-refractivity contribution in [1.82, 2.24) is 9.84 Å². The third-order valence-electron chi connectivity index (χ3n) is 1.91. The average molecular weight is 264 g/mol. The second-order valence-electron chi connectivity index (χ2n) is 3.63. The Hall–Kier alpha value is -0.820. The summed E-state index contributed by atoms with van der Waals surface area (Å²) in [7, 11) is -0.521. The predicted octanol–water partition coefficient (Wildman–Crippen LogP) is 0.986. The number of halogens is 1. The summed E-state index contributed by atoms with van der Waals surface area (Å²) < 4.78 is 23.7. The Morgan fingerprint density at radius 1 is 1.38 bits per heavy atom. The third kappa shape index (κ3) is 2.85. The van der Waals surface area contributed by atoms with Gasteiger partial charge < -0.3 is 5.73 Å². The first-order valence-electron chi connectivity index (χ1n) is 4.49. The van der Waals surface area contributed by atoms with E-state index in [1.54, 1.807) is 21.0 Å². The molecule has 1 aromatic rings. The monoisotopic (exact) mass is 263 g/mol. The fourth-order valence-corrected chi connectivity index (χ4v) is 2.86. The Labute approximate surface area is 100 Å². The quantitative estimate of drug-likeness (QED) is 0.630. The standard InChI is InChI=1S/C9H14ClN3O2S/c1-6-4-7(10)9(5-8(6)11)16(14,15)12-13(2)3/h4-5,12H,11H2,1-3H3. The van der Waals surface area contributed by atoms with Gasteiger partial charge in [-0.15, -0.1) is 4.83 Å². The van der Waals surface area contributed by atoms with Gasteiger partial charge in [0.05, 0.1) is 5.02 Å². The normalized spacial score (nSPS) is 12.1. The Balaban J connectivity index is 3.29. The summed E-state index contributed by atoms with van der Waals surface area (Å²) in [5, 5.41) is 1.47. The van der Waals surface area contributed by atoms with E-state index in [0.717, 1.165) is 5.56 Å². The summed E-state index contributed by atoms with van der Waals surface area (Å²) in [6, 6.07) is 2.88. The Morgan fingerprint density at radius 3 is 2.44 bits per heavy atom. The molecule has 0 aliphatic rings. The number of aryl methyl sites for hydroxylation is 1. The topological polar surface area (TPSA) is 75.4 Å². The molecular weight excluding hydrogens is 250 g/mol. The van der Waals surface area contributed by atoms with Crippen LogP contribution >= 0.6 is 11.6 Å². The highest BCUT2D eigenvalue weighted by Crippen LogP contribution is 2.26. The highest BCUT2D eigenvalue weighted by molar-refractivity contribution is 7.89. The molecule has 1 rings (SSSR count). The molecule has 0 aliphatic heterocycles. The maximum absolute atomic E-state index is 11.8. The Morgan fingerprint density at radius 2 is 1.94 bits per heavy atom. The molecule has 1 aromatic carbocycles. The van der Waals surface area contributed by atoms with Gasteiger partial charge in [0.15, 0.2) is 0 Å². The number of benzene rings is 1. The van der Waals surface area contributed by atoms with Gasteiger partial charge in [0.1, 0.15) is 4.90 Å². The van der Waals surface area contributed by atoms with Crippen LogP contribution in [0.4, 0.5) is 5.69 Å². The lowest BCUT2D eigenvalue weighted by atomic mass is 10.2. The van der Waals surface area contributed by atoms with Gasteiger partial charge in [-0.1, -0.05) is 11.6 Å². The maximum atomic E-state index is 11.8. The fourth-order valence-electron chi connectivity index (χ4n) is 1.16. The lowest BCUT2D eigenvalue weighted by Crippen LogP contribution is -2.36. The zero-order valence-corrected chi connectivity index (χ0v) is 10.9. The molecule has 5 nitrogen and oxygen atoms in total. The van der Waals surface area contributed by atoms with Crippen molar-refractivity contribution in [2.75, 3.05) is 19.8 Å². The number of nitrogens with zero attached hydrogens (tertiary/aromatic N) is 1. The van der Waals surface area contributed by atoms with Gasteiger partial charge in [-0.2, -0.15) is 0 Å². The molecule has 0 saturated carbocycles. The van der Waals surface area contributed by atoms with Crippen LogP contribution in [0.5, 0.6) is 0 Å². The lowest BCUT2D eigenvalue weighted by Gasteiger charge is -2.14. The minimum Gasteiger partial charge on any atom is -0.398 e. The molecule has 16 heavy (non-hydrogen) atoms. The minimum absolute atomic E-state index is 0.0223. The van der Waals surface area contributed by atoms with Crippen molar-refractivity contribution in [3.8, 4) is 0 Å². The summed E-state index contributed by atoms with van der Waals surface area (Å²) in [6.45, 7) is 1.76. The number of nitrogens with one attached hydrogen (secondary N) is 1. The van der Waals surface area contributed by atoms with Gasteiger partial charge in [-0.05, 0) is 24.6 Å². The van der Waals surface area contributed by atoms with Gasteiger partial charge in [0.2, 0.25) is 0 Å². The van der Waals surface area contributed by atoms with Crippen molar-refractivity contribution < 1.29 is 8.42 Å². The zero-order valence-electron chi connectivity index (χ0n) is 9.28. The maximum Gasteiger partial charge on any atom is 0.254 e. The highest BCUT2D eigenvalue weighted by Gasteiger charge is 2.19. The van der Waals surface area contributed by atoms with Crippen LogP contribution < -0.4 is 10.6 Å². The largest absolute Gasteiger partial charge is 0.398 e. The van der Waals surface area contributed by atoms with Crippen LogP contribution in [-0.2, 0) is 10.0 Å². The van der Waals surface area contributed by atoms with Crippen molar-refractivity contribution in [1.29, 1.82) is 0 Å². The summed E-state index contributed by atoms with van der Waals surface area (Å²) in [5.74, 6) is 0. The van der Waals surface area contributed by atoms with Crippen LogP contribution in [0.1, 0.15) is 5.56 Å². The molecule has 0 aliphatic carbocycles. The van der Waals surface area contributed by atoms with Gasteiger partial charge >= 0.3 is 0 Å². The van der Waals surface area contributed by atoms with Crippen molar-refractivity contribution in [2.24, 2.45) is 0 Å². The number of anilines is 1. The van der Waals surface area contributed by atoms with E-state index < -0.39 is 10.0 Å². The number of hydrogen-bond acceptors (Lipinski definition) is 4. The Bertz CT molecular complexity index is 500. The van der Waals surface area contributed by atoms with Crippen LogP contribution in [0, 0.1) is 6.92 Å². The van der Waals surface area contributed by atoms with Crippen molar-refractivity contribution in [3.63, 3.8) is 0 Å². The average Bonchev–Trinajstić information content (AvgIpc) is 2.08. The van der Waals surface area contributed by atoms with Gasteiger partial charge in [-0.25, -0.2) is 13.4 Å². The molecule has 7 heteroatoms. The van der Waals surface area contributed by atoms with Crippen LogP contribution in [-0.4, -0.2) is 27.5 Å². The third-order valence-corrected chi connectivity index (χ3v) is 3.86. The van der Waals surface area contributed by atoms with Crippen molar-refractivity contribution in [2.45, 2.75) is 11.8 Å². The zero-order chi connectivity index (χ0) is 12.5. The molecule has 0 bridgehead atoms. The summed E-state index contributed by atoms with van der Waals surface area (Å²) in [6.07, 6.45) is 0. The first kappa shape index (κ1) is 13.2. The molecule has 0 aromatic heterocycles. The number of hydrogen-bond donors (Lipinski definition) is 2. The summed E-state index contributed by atoms with van der Waals surface area (Å²) >= 11 is 5.88. The number of nitrogen functional groups attached to an aromatic ring is 1. The van der Waals surface area contributed by atoms with Crippen molar-refractivity contribution >= 4 is 27.3 Å². The molecule has 0 spiro atoms. The molecule has 0 fully saturated rings. The van der Waals surface area contributed by atoms with Gasteiger partial charge in [-0.3, -0.25) is 0 Å². The number of hydrazine groups is 1. The number of sulfonamides is 1. The molecular formula is C9H14ClN3O2S. The molecule has 0 heterocycles. The minimum atomic E-state index is -3.67. The Kier molecular flexibility index (Phi) is 3.80. The molecule has 0 radical (unpaired) electrons. The second-order valence-corrected chi connectivity index (χ2v) is 5.66. The van der Waals surface area contributed by atoms with E-state index in [1.807, 2.05) is 0 Å². The molecule has 0 unspecified atom stereocenters. The predicted molar refractivity (Wildman–Crippen MR) is 64.6 cm³/mol. The second kappa shape index (κ2) is 4.58.